The highest BCUT2D eigenvalue weighted by Gasteiger charge is 2.53. The average molecular weight is 187 g/mol. The van der Waals surface area contributed by atoms with Crippen molar-refractivity contribution < 1.29 is 4.79 Å². The lowest BCUT2D eigenvalue weighted by atomic mass is 9.60. The van der Waals surface area contributed by atoms with Gasteiger partial charge in [0.15, 0.2) is 5.78 Å². The van der Waals surface area contributed by atoms with Crippen LogP contribution in [-0.2, 0) is 4.79 Å². The molecule has 68 valence electrons. The summed E-state index contributed by atoms with van der Waals surface area (Å²) in [6, 6.07) is 0. The molecule has 1 saturated carbocycles. The number of halogens is 1. The molecule has 2 heteroatoms. The van der Waals surface area contributed by atoms with Crippen LogP contribution < -0.4 is 0 Å². The zero-order valence-electron chi connectivity index (χ0n) is 8.02. The van der Waals surface area contributed by atoms with Crippen molar-refractivity contribution in [3.05, 3.63) is 11.6 Å². The SMILES string of the molecule is CC(C)=C[C@H]1[C@H](Cl)C(=O)C1(C)C. The molecule has 1 fully saturated rings. The molecule has 0 aliphatic heterocycles. The predicted octanol–water partition coefficient (Wildman–Crippen LogP) is 2.79. The van der Waals surface area contributed by atoms with Crippen LogP contribution in [0.4, 0.5) is 0 Å². The summed E-state index contributed by atoms with van der Waals surface area (Å²) in [5.41, 5.74) is 0.982. The second kappa shape index (κ2) is 2.88. The molecule has 0 aromatic carbocycles. The molecule has 0 amide bonds. The van der Waals surface area contributed by atoms with E-state index in [1.165, 1.54) is 5.57 Å². The minimum absolute atomic E-state index is 0.173. The van der Waals surface area contributed by atoms with Gasteiger partial charge in [-0.05, 0) is 13.8 Å². The number of hydrogen-bond donors (Lipinski definition) is 0. The van der Waals surface area contributed by atoms with E-state index in [0.717, 1.165) is 0 Å². The van der Waals surface area contributed by atoms with Crippen molar-refractivity contribution in [2.45, 2.75) is 33.1 Å². The van der Waals surface area contributed by atoms with Crippen LogP contribution in [0.5, 0.6) is 0 Å². The number of ketones is 1. The third-order valence-electron chi connectivity index (χ3n) is 2.55. The van der Waals surface area contributed by atoms with Gasteiger partial charge in [0.2, 0.25) is 0 Å². The first-order chi connectivity index (χ1) is 5.37. The van der Waals surface area contributed by atoms with Crippen molar-refractivity contribution in [3.8, 4) is 0 Å². The molecule has 0 spiro atoms. The van der Waals surface area contributed by atoms with Crippen LogP contribution in [0.3, 0.4) is 0 Å². The molecule has 0 saturated heterocycles. The molecule has 0 unspecified atom stereocenters. The highest BCUT2D eigenvalue weighted by atomic mass is 35.5. The molecule has 0 bridgehead atoms. The Morgan fingerprint density at radius 1 is 1.50 bits per heavy atom. The lowest BCUT2D eigenvalue weighted by Crippen LogP contribution is -2.54. The summed E-state index contributed by atoms with van der Waals surface area (Å²) in [5, 5.41) is -0.296. The molecule has 0 radical (unpaired) electrons. The number of hydrogen-bond acceptors (Lipinski definition) is 1. The van der Waals surface area contributed by atoms with E-state index in [9.17, 15) is 4.79 Å². The minimum Gasteiger partial charge on any atom is -0.297 e. The van der Waals surface area contributed by atoms with Crippen LogP contribution in [0, 0.1) is 11.3 Å². The fourth-order valence-corrected chi connectivity index (χ4v) is 2.27. The van der Waals surface area contributed by atoms with Crippen LogP contribution in [-0.4, -0.2) is 11.2 Å². The Kier molecular flexibility index (Phi) is 2.35. The Hall–Kier alpha value is -0.300. The number of alkyl halides is 1. The van der Waals surface area contributed by atoms with E-state index < -0.39 is 0 Å². The fourth-order valence-electron chi connectivity index (χ4n) is 1.60. The Balaban J connectivity index is 2.81. The molecule has 12 heavy (non-hydrogen) atoms. The number of carbonyl (C=O) groups is 1. The van der Waals surface area contributed by atoms with Gasteiger partial charge in [0.25, 0.3) is 0 Å². The van der Waals surface area contributed by atoms with E-state index in [0.29, 0.717) is 0 Å². The summed E-state index contributed by atoms with van der Waals surface area (Å²) in [6.07, 6.45) is 2.10. The van der Waals surface area contributed by atoms with Crippen molar-refractivity contribution in [1.29, 1.82) is 0 Å². The fraction of sp³-hybridized carbons (Fsp3) is 0.700. The summed E-state index contributed by atoms with van der Waals surface area (Å²) < 4.78 is 0. The summed E-state index contributed by atoms with van der Waals surface area (Å²) >= 11 is 5.90. The summed E-state index contributed by atoms with van der Waals surface area (Å²) in [4.78, 5) is 11.3. The quantitative estimate of drug-likeness (QED) is 0.455. The smallest absolute Gasteiger partial charge is 0.157 e. The highest BCUT2D eigenvalue weighted by Crippen LogP contribution is 2.46. The van der Waals surface area contributed by atoms with Crippen LogP contribution in [0.1, 0.15) is 27.7 Å². The van der Waals surface area contributed by atoms with E-state index in [2.05, 4.69) is 6.08 Å². The second-order valence-corrected chi connectivity index (χ2v) is 4.73. The van der Waals surface area contributed by atoms with Crippen LogP contribution in [0.25, 0.3) is 0 Å². The molecule has 0 heterocycles. The Morgan fingerprint density at radius 3 is 2.33 bits per heavy atom. The van der Waals surface area contributed by atoms with Crippen LogP contribution in [0.15, 0.2) is 11.6 Å². The zero-order valence-corrected chi connectivity index (χ0v) is 8.77. The largest absolute Gasteiger partial charge is 0.297 e. The molecule has 2 atom stereocenters. The van der Waals surface area contributed by atoms with Gasteiger partial charge in [-0.3, -0.25) is 4.79 Å². The first-order valence-corrected chi connectivity index (χ1v) is 4.64. The first-order valence-electron chi connectivity index (χ1n) is 4.21. The Bertz CT molecular complexity index is 236. The third-order valence-corrected chi connectivity index (χ3v) is 3.02. The maximum atomic E-state index is 11.3. The van der Waals surface area contributed by atoms with Gasteiger partial charge in [-0.25, -0.2) is 0 Å². The topological polar surface area (TPSA) is 17.1 Å². The number of carbonyl (C=O) groups excluding carboxylic acids is 1. The van der Waals surface area contributed by atoms with Crippen LogP contribution in [0.2, 0.25) is 0 Å². The predicted molar refractivity (Wildman–Crippen MR) is 51.4 cm³/mol. The van der Waals surface area contributed by atoms with Crippen molar-refractivity contribution in [2.24, 2.45) is 11.3 Å². The summed E-state index contributed by atoms with van der Waals surface area (Å²) in [7, 11) is 0. The Labute approximate surface area is 78.8 Å². The monoisotopic (exact) mass is 186 g/mol. The van der Waals surface area contributed by atoms with Gasteiger partial charge in [-0.2, -0.15) is 0 Å². The summed E-state index contributed by atoms with van der Waals surface area (Å²) in [6.45, 7) is 7.97. The van der Waals surface area contributed by atoms with Gasteiger partial charge in [0.1, 0.15) is 0 Å². The standard InChI is InChI=1S/C10H15ClO/c1-6(2)5-7-8(11)9(12)10(7,3)4/h5,7-8H,1-4H3/t7-,8-/m0/s1. The van der Waals surface area contributed by atoms with E-state index in [1.807, 2.05) is 27.7 Å². The molecule has 1 aliphatic carbocycles. The van der Waals surface area contributed by atoms with E-state index >= 15 is 0 Å². The normalized spacial score (nSPS) is 32.6. The van der Waals surface area contributed by atoms with Crippen molar-refractivity contribution in [2.75, 3.05) is 0 Å². The molecular formula is C10H15ClO. The maximum Gasteiger partial charge on any atom is 0.157 e. The van der Waals surface area contributed by atoms with E-state index in [1.54, 1.807) is 0 Å². The lowest BCUT2D eigenvalue weighted by Gasteiger charge is -2.45. The number of rotatable bonds is 1. The van der Waals surface area contributed by atoms with Gasteiger partial charge in [-0.1, -0.05) is 25.5 Å². The molecule has 0 aromatic rings. The van der Waals surface area contributed by atoms with Gasteiger partial charge >= 0.3 is 0 Å². The molecule has 1 rings (SSSR count). The highest BCUT2D eigenvalue weighted by molar-refractivity contribution is 6.35. The maximum absolute atomic E-state index is 11.3. The lowest BCUT2D eigenvalue weighted by molar-refractivity contribution is -0.139. The molecule has 1 aliphatic rings. The summed E-state index contributed by atoms with van der Waals surface area (Å²) in [5.74, 6) is 0.392. The van der Waals surface area contributed by atoms with Crippen molar-refractivity contribution in [1.82, 2.24) is 0 Å². The van der Waals surface area contributed by atoms with Gasteiger partial charge in [0, 0.05) is 11.3 Å². The van der Waals surface area contributed by atoms with Crippen molar-refractivity contribution >= 4 is 17.4 Å². The first kappa shape index (κ1) is 9.79. The van der Waals surface area contributed by atoms with Gasteiger partial charge in [-0.15, -0.1) is 11.6 Å². The average Bonchev–Trinajstić information content (AvgIpc) is 1.98. The van der Waals surface area contributed by atoms with Gasteiger partial charge < -0.3 is 0 Å². The van der Waals surface area contributed by atoms with Gasteiger partial charge in [0.05, 0.1) is 5.38 Å². The Morgan fingerprint density at radius 2 is 2.00 bits per heavy atom. The zero-order chi connectivity index (χ0) is 9.52. The van der Waals surface area contributed by atoms with Crippen LogP contribution >= 0.6 is 11.6 Å². The third kappa shape index (κ3) is 1.31. The molecule has 0 N–H and O–H groups in total. The van der Waals surface area contributed by atoms with E-state index in [-0.39, 0.29) is 22.5 Å². The molecule has 0 aromatic heterocycles. The second-order valence-electron chi connectivity index (χ2n) is 4.26. The number of Topliss-reactive ketones (excluding diaryl/α,β-unsaturated/α-hetero) is 1. The van der Waals surface area contributed by atoms with Crippen molar-refractivity contribution in [3.63, 3.8) is 0 Å². The molecule has 1 nitrogen and oxygen atoms in total. The number of allylic oxidation sites excluding steroid dienone is 2. The minimum atomic E-state index is -0.296. The molecular weight excluding hydrogens is 172 g/mol. The van der Waals surface area contributed by atoms with E-state index in [4.69, 9.17) is 11.6 Å².